The van der Waals surface area contributed by atoms with Crippen LogP contribution in [0.25, 0.3) is 0 Å². The van der Waals surface area contributed by atoms with E-state index in [9.17, 15) is 4.79 Å². The Morgan fingerprint density at radius 1 is 1.24 bits per heavy atom. The van der Waals surface area contributed by atoms with Crippen molar-refractivity contribution >= 4 is 11.7 Å². The number of ketones is 1. The molecule has 4 unspecified atom stereocenters. The molecule has 0 aliphatic heterocycles. The molecule has 4 heteroatoms. The molecule has 2 fully saturated rings. The van der Waals surface area contributed by atoms with Crippen LogP contribution in [0.15, 0.2) is 28.3 Å². The molecule has 0 saturated heterocycles. The van der Waals surface area contributed by atoms with Gasteiger partial charge in [0.15, 0.2) is 11.7 Å². The number of nitrogens with two attached hydrogens (primary N) is 2. The Morgan fingerprint density at radius 3 is 2.76 bits per heavy atom. The summed E-state index contributed by atoms with van der Waals surface area (Å²) >= 11 is 0. The van der Waals surface area contributed by atoms with Gasteiger partial charge in [-0.2, -0.15) is 0 Å². The molecule has 4 nitrogen and oxygen atoms in total. The zero-order chi connectivity index (χ0) is 17.8. The highest BCUT2D eigenvalue weighted by molar-refractivity contribution is 6.04. The molecular weight excluding hydrogens is 310 g/mol. The van der Waals surface area contributed by atoms with Gasteiger partial charge in [-0.25, -0.2) is 0 Å². The maximum absolute atomic E-state index is 13.3. The maximum Gasteiger partial charge on any atom is 0.185 e. The van der Waals surface area contributed by atoms with Crippen molar-refractivity contribution < 1.29 is 4.79 Å². The van der Waals surface area contributed by atoms with Crippen LogP contribution in [0, 0.1) is 28.6 Å². The second kappa shape index (κ2) is 5.72. The van der Waals surface area contributed by atoms with Gasteiger partial charge in [0.25, 0.3) is 0 Å². The minimum Gasteiger partial charge on any atom is -0.370 e. The summed E-state index contributed by atoms with van der Waals surface area (Å²) in [6.07, 6.45) is 12.3. The molecule has 1 spiro atoms. The summed E-state index contributed by atoms with van der Waals surface area (Å²) in [4.78, 5) is 17.4. The zero-order valence-corrected chi connectivity index (χ0v) is 15.6. The predicted octanol–water partition coefficient (Wildman–Crippen LogP) is 3.33. The molecule has 4 N–H and O–H groups in total. The average Bonchev–Trinajstić information content (AvgIpc) is 2.83. The van der Waals surface area contributed by atoms with Gasteiger partial charge in [0, 0.05) is 12.0 Å². The van der Waals surface area contributed by atoms with Crippen molar-refractivity contribution in [3.8, 4) is 0 Å². The van der Waals surface area contributed by atoms with Gasteiger partial charge in [-0.15, -0.1) is 0 Å². The van der Waals surface area contributed by atoms with Gasteiger partial charge >= 0.3 is 0 Å². The van der Waals surface area contributed by atoms with Crippen molar-refractivity contribution in [3.63, 3.8) is 0 Å². The molecule has 0 amide bonds. The number of carbonyl (C=O) groups is 1. The minimum absolute atomic E-state index is 0.106. The summed E-state index contributed by atoms with van der Waals surface area (Å²) in [7, 11) is 0. The van der Waals surface area contributed by atoms with E-state index >= 15 is 0 Å². The lowest BCUT2D eigenvalue weighted by atomic mass is 9.47. The molecule has 0 radical (unpaired) electrons. The molecule has 4 aliphatic carbocycles. The highest BCUT2D eigenvalue weighted by Crippen LogP contribution is 2.75. The minimum atomic E-state index is 0.106. The maximum atomic E-state index is 13.3. The third-order valence-electron chi connectivity index (χ3n) is 7.86. The van der Waals surface area contributed by atoms with Crippen LogP contribution in [0.5, 0.6) is 0 Å². The first-order chi connectivity index (χ1) is 11.9. The fourth-order valence-electron chi connectivity index (χ4n) is 6.84. The number of hydrogen-bond acceptors (Lipinski definition) is 2. The van der Waals surface area contributed by atoms with Crippen LogP contribution in [0.1, 0.15) is 58.8 Å². The van der Waals surface area contributed by atoms with E-state index in [1.165, 1.54) is 18.4 Å². The van der Waals surface area contributed by atoms with Crippen molar-refractivity contribution in [2.45, 2.75) is 58.8 Å². The van der Waals surface area contributed by atoms with Gasteiger partial charge in [0.1, 0.15) is 0 Å². The average molecular weight is 341 g/mol. The van der Waals surface area contributed by atoms with E-state index in [0.717, 1.165) is 38.0 Å². The monoisotopic (exact) mass is 341 g/mol. The van der Waals surface area contributed by atoms with Crippen LogP contribution in [0.3, 0.4) is 0 Å². The molecule has 4 rings (SSSR count). The molecule has 0 heterocycles. The van der Waals surface area contributed by atoms with Gasteiger partial charge in [0.05, 0.1) is 5.92 Å². The first-order valence-corrected chi connectivity index (χ1v) is 9.89. The predicted molar refractivity (Wildman–Crippen MR) is 101 cm³/mol. The number of nitrogens with zero attached hydrogens (tertiary/aromatic N) is 1. The van der Waals surface area contributed by atoms with E-state index in [0.29, 0.717) is 18.2 Å². The number of aliphatic imine (C=N–C) groups is 1. The summed E-state index contributed by atoms with van der Waals surface area (Å²) in [5.41, 5.74) is 13.9. The van der Waals surface area contributed by atoms with Crippen molar-refractivity contribution in [3.05, 3.63) is 23.3 Å². The lowest BCUT2D eigenvalue weighted by molar-refractivity contribution is -0.126. The summed E-state index contributed by atoms with van der Waals surface area (Å²) in [5, 5.41) is 0. The van der Waals surface area contributed by atoms with Crippen molar-refractivity contribution in [1.29, 1.82) is 0 Å². The number of carbonyl (C=O) groups excluding carboxylic acids is 1. The molecule has 136 valence electrons. The summed E-state index contributed by atoms with van der Waals surface area (Å²) in [6.45, 7) is 5.54. The molecule has 0 aromatic rings. The van der Waals surface area contributed by atoms with Crippen molar-refractivity contribution in [2.75, 3.05) is 6.54 Å². The van der Waals surface area contributed by atoms with E-state index < -0.39 is 0 Å². The van der Waals surface area contributed by atoms with Gasteiger partial charge < -0.3 is 11.5 Å². The van der Waals surface area contributed by atoms with Crippen LogP contribution in [0.2, 0.25) is 0 Å². The van der Waals surface area contributed by atoms with Gasteiger partial charge in [-0.05, 0) is 67.8 Å². The molecule has 0 aromatic carbocycles. The number of rotatable bonds is 5. The highest BCUT2D eigenvalue weighted by atomic mass is 16.1. The number of hydrogen-bond donors (Lipinski definition) is 2. The zero-order valence-electron chi connectivity index (χ0n) is 15.6. The number of allylic oxidation sites excluding steroid dienone is 4. The second-order valence-corrected chi connectivity index (χ2v) is 8.99. The van der Waals surface area contributed by atoms with Crippen molar-refractivity contribution in [1.82, 2.24) is 0 Å². The Hall–Kier alpha value is -1.58. The Kier molecular flexibility index (Phi) is 3.86. The van der Waals surface area contributed by atoms with Gasteiger partial charge in [-0.1, -0.05) is 31.6 Å². The SMILES string of the molecule is CC1(C)C2CCC3CC=CC4C(=O)C(CCCCN=C(N)N)=C(C2)C341. The van der Waals surface area contributed by atoms with Crippen LogP contribution < -0.4 is 11.5 Å². The lowest BCUT2D eigenvalue weighted by Crippen LogP contribution is -2.51. The van der Waals surface area contributed by atoms with E-state index in [1.54, 1.807) is 5.57 Å². The molecule has 0 aromatic heterocycles. The number of fused-ring (bicyclic) bond motifs is 1. The third-order valence-corrected chi connectivity index (χ3v) is 7.86. The first-order valence-electron chi connectivity index (χ1n) is 9.89. The summed E-state index contributed by atoms with van der Waals surface area (Å²) in [5.74, 6) is 2.09. The number of Topliss-reactive ketones (excluding diaryl/α,β-unsaturated/α-hetero) is 1. The van der Waals surface area contributed by atoms with E-state index in [-0.39, 0.29) is 22.7 Å². The number of guanidine groups is 1. The Morgan fingerprint density at radius 2 is 2.00 bits per heavy atom. The summed E-state index contributed by atoms with van der Waals surface area (Å²) < 4.78 is 0. The Labute approximate surface area is 150 Å². The largest absolute Gasteiger partial charge is 0.370 e. The molecule has 4 aliphatic rings. The summed E-state index contributed by atoms with van der Waals surface area (Å²) in [6, 6.07) is 0. The van der Waals surface area contributed by atoms with Crippen LogP contribution in [0.4, 0.5) is 0 Å². The Balaban J connectivity index is 1.64. The van der Waals surface area contributed by atoms with Crippen LogP contribution in [-0.4, -0.2) is 18.3 Å². The second-order valence-electron chi connectivity index (χ2n) is 8.99. The molecule has 25 heavy (non-hydrogen) atoms. The smallest absolute Gasteiger partial charge is 0.185 e. The first kappa shape index (κ1) is 16.9. The Bertz CT molecular complexity index is 683. The van der Waals surface area contributed by atoms with Gasteiger partial charge in [-0.3, -0.25) is 9.79 Å². The fourth-order valence-corrected chi connectivity index (χ4v) is 6.84. The quantitative estimate of drug-likeness (QED) is 0.348. The van der Waals surface area contributed by atoms with E-state index in [4.69, 9.17) is 11.5 Å². The topological polar surface area (TPSA) is 81.5 Å². The van der Waals surface area contributed by atoms with E-state index in [1.807, 2.05) is 0 Å². The molecule has 4 atom stereocenters. The van der Waals surface area contributed by atoms with E-state index in [2.05, 4.69) is 31.0 Å². The standard InChI is InChI=1S/C21H31N3O/c1-20(2)14-10-9-13-6-5-8-16-18(25)15(17(12-14)21(13,16)20)7-3-4-11-24-19(22)23/h5,8,13-14,16H,3-4,6-7,9-12H2,1-2H3,(H4,22,23,24). The molecule has 2 saturated carbocycles. The van der Waals surface area contributed by atoms with Crippen LogP contribution >= 0.6 is 0 Å². The highest BCUT2D eigenvalue weighted by Gasteiger charge is 2.70. The normalized spacial score (nSPS) is 37.4. The molecule has 2 bridgehead atoms. The van der Waals surface area contributed by atoms with Gasteiger partial charge in [0.2, 0.25) is 0 Å². The molecular formula is C21H31N3O. The third kappa shape index (κ3) is 2.12. The van der Waals surface area contributed by atoms with Crippen molar-refractivity contribution in [2.24, 2.45) is 45.0 Å². The van der Waals surface area contributed by atoms with Crippen LogP contribution in [-0.2, 0) is 4.79 Å². The number of unbranched alkanes of at least 4 members (excludes halogenated alkanes) is 1. The lowest BCUT2D eigenvalue weighted by Gasteiger charge is -2.55. The fraction of sp³-hybridized carbons (Fsp3) is 0.714.